The average Bonchev–Trinajstić information content (AvgIpc) is 2.76. The number of nitrogens with one attached hydrogen (secondary N) is 2. The first kappa shape index (κ1) is 23.4. The third kappa shape index (κ3) is 5.49. The van der Waals surface area contributed by atoms with E-state index in [0.29, 0.717) is 12.3 Å². The predicted octanol–water partition coefficient (Wildman–Crippen LogP) is 3.83. The number of rotatable bonds is 6. The summed E-state index contributed by atoms with van der Waals surface area (Å²) in [7, 11) is 1.57. The Morgan fingerprint density at radius 2 is 1.94 bits per heavy atom. The summed E-state index contributed by atoms with van der Waals surface area (Å²) >= 11 is 0. The molecule has 1 aliphatic rings. The summed E-state index contributed by atoms with van der Waals surface area (Å²) in [5, 5.41) is 4.52. The highest BCUT2D eigenvalue weighted by Crippen LogP contribution is 2.30. The maximum atomic E-state index is 14.3. The van der Waals surface area contributed by atoms with E-state index >= 15 is 0 Å². The first-order chi connectivity index (χ1) is 15.1. The van der Waals surface area contributed by atoms with Gasteiger partial charge < -0.3 is 20.3 Å². The summed E-state index contributed by atoms with van der Waals surface area (Å²) in [6.07, 6.45) is -3.00. The minimum atomic E-state index is -4.58. The van der Waals surface area contributed by atoms with Crippen LogP contribution >= 0.6 is 0 Å². The molecule has 0 fully saturated rings. The highest BCUT2D eigenvalue weighted by atomic mass is 19.4. The second kappa shape index (κ2) is 9.46. The lowest BCUT2D eigenvalue weighted by Gasteiger charge is -2.30. The van der Waals surface area contributed by atoms with Crippen molar-refractivity contribution in [2.24, 2.45) is 0 Å². The summed E-state index contributed by atoms with van der Waals surface area (Å²) in [5.41, 5.74) is 1.78. The van der Waals surface area contributed by atoms with E-state index in [2.05, 4.69) is 5.32 Å². The molecule has 0 unspecified atom stereocenters. The molecule has 3 rings (SSSR count). The van der Waals surface area contributed by atoms with Crippen LogP contribution in [0, 0.1) is 12.7 Å². The molecule has 0 aliphatic carbocycles. The van der Waals surface area contributed by atoms with E-state index in [-0.39, 0.29) is 29.3 Å². The van der Waals surface area contributed by atoms with Crippen molar-refractivity contribution in [2.75, 3.05) is 37.0 Å². The third-order valence-corrected chi connectivity index (χ3v) is 5.19. The van der Waals surface area contributed by atoms with Crippen molar-refractivity contribution in [1.82, 2.24) is 5.32 Å². The van der Waals surface area contributed by atoms with Gasteiger partial charge in [0.15, 0.2) is 0 Å². The van der Waals surface area contributed by atoms with Crippen LogP contribution in [0.4, 0.5) is 28.9 Å². The molecule has 1 heterocycles. The average molecular weight is 453 g/mol. The van der Waals surface area contributed by atoms with Gasteiger partial charge in [-0.15, -0.1) is 0 Å². The first-order valence-electron chi connectivity index (χ1n) is 9.95. The smallest absolute Gasteiger partial charge is 0.405 e. The van der Waals surface area contributed by atoms with Crippen LogP contribution in [-0.4, -0.2) is 44.7 Å². The molecule has 0 saturated heterocycles. The molecule has 2 aromatic rings. The number of fused-ring (bicyclic) bond motifs is 1. The summed E-state index contributed by atoms with van der Waals surface area (Å²) in [5.74, 6) is -1.39. The van der Waals surface area contributed by atoms with Gasteiger partial charge in [0.2, 0.25) is 5.91 Å². The second-order valence-electron chi connectivity index (χ2n) is 7.43. The maximum absolute atomic E-state index is 14.3. The number of hydrogen-bond donors (Lipinski definition) is 2. The van der Waals surface area contributed by atoms with Crippen molar-refractivity contribution in [2.45, 2.75) is 25.9 Å². The summed E-state index contributed by atoms with van der Waals surface area (Å²) in [6.45, 7) is 0.260. The maximum Gasteiger partial charge on any atom is 0.405 e. The van der Waals surface area contributed by atoms with E-state index < -0.39 is 24.4 Å². The van der Waals surface area contributed by atoms with Gasteiger partial charge in [-0.2, -0.15) is 13.2 Å². The first-order valence-corrected chi connectivity index (χ1v) is 9.95. The Morgan fingerprint density at radius 1 is 1.19 bits per heavy atom. The van der Waals surface area contributed by atoms with Gasteiger partial charge in [-0.25, -0.2) is 4.39 Å². The number of alkyl halides is 3. The quantitative estimate of drug-likeness (QED) is 0.653. The van der Waals surface area contributed by atoms with Crippen molar-refractivity contribution in [1.29, 1.82) is 0 Å². The van der Waals surface area contributed by atoms with E-state index in [4.69, 9.17) is 4.74 Å². The normalized spacial score (nSPS) is 13.4. The zero-order valence-electron chi connectivity index (χ0n) is 17.6. The van der Waals surface area contributed by atoms with Crippen LogP contribution in [0.1, 0.15) is 27.9 Å². The lowest BCUT2D eigenvalue weighted by Crippen LogP contribution is -2.39. The van der Waals surface area contributed by atoms with E-state index in [1.165, 1.54) is 13.0 Å². The number of ether oxygens (including phenoxy) is 1. The van der Waals surface area contributed by atoms with Crippen molar-refractivity contribution in [3.05, 3.63) is 52.8 Å². The van der Waals surface area contributed by atoms with E-state index in [0.717, 1.165) is 30.2 Å². The standard InChI is InChI=1S/C22H23F4N3O3/c1-13-17(23)9-15(21(31)28-12-22(24,25)26)10-18(13)27-11-20(30)29-7-3-4-14-8-16(32-2)5-6-19(14)29/h5-6,8-10,27H,3-4,7,11-12H2,1-2H3,(H,28,31). The molecule has 0 radical (unpaired) electrons. The number of amides is 2. The van der Waals surface area contributed by atoms with Gasteiger partial charge in [0, 0.05) is 29.0 Å². The molecule has 0 aromatic heterocycles. The van der Waals surface area contributed by atoms with Crippen molar-refractivity contribution in [3.63, 3.8) is 0 Å². The Kier molecular flexibility index (Phi) is 6.90. The Hall–Kier alpha value is -3.30. The number of hydrogen-bond acceptors (Lipinski definition) is 4. The summed E-state index contributed by atoms with van der Waals surface area (Å²) < 4.78 is 56.5. The fourth-order valence-corrected chi connectivity index (χ4v) is 3.50. The monoisotopic (exact) mass is 453 g/mol. The molecule has 172 valence electrons. The van der Waals surface area contributed by atoms with Crippen LogP contribution < -0.4 is 20.3 Å². The molecule has 0 bridgehead atoms. The number of aryl methyl sites for hydroxylation is 1. The zero-order valence-corrected chi connectivity index (χ0v) is 17.6. The molecule has 0 spiro atoms. The van der Waals surface area contributed by atoms with Crippen LogP contribution in [-0.2, 0) is 11.2 Å². The summed E-state index contributed by atoms with van der Waals surface area (Å²) in [6, 6.07) is 7.54. The molecular formula is C22H23F4N3O3. The van der Waals surface area contributed by atoms with E-state index in [9.17, 15) is 27.2 Å². The number of anilines is 2. The Bertz CT molecular complexity index is 1020. The van der Waals surface area contributed by atoms with Crippen LogP contribution in [0.2, 0.25) is 0 Å². The molecule has 2 aromatic carbocycles. The largest absolute Gasteiger partial charge is 0.497 e. The molecule has 2 N–H and O–H groups in total. The second-order valence-corrected chi connectivity index (χ2v) is 7.43. The summed E-state index contributed by atoms with van der Waals surface area (Å²) in [4.78, 5) is 26.5. The van der Waals surface area contributed by atoms with Crippen LogP contribution in [0.25, 0.3) is 0 Å². The zero-order chi connectivity index (χ0) is 23.5. The van der Waals surface area contributed by atoms with Crippen LogP contribution in [0.15, 0.2) is 30.3 Å². The Morgan fingerprint density at radius 3 is 2.62 bits per heavy atom. The number of nitrogens with zero attached hydrogens (tertiary/aromatic N) is 1. The molecule has 10 heteroatoms. The number of benzene rings is 2. The van der Waals surface area contributed by atoms with Crippen molar-refractivity contribution in [3.8, 4) is 5.75 Å². The molecule has 2 amide bonds. The fraction of sp³-hybridized carbons (Fsp3) is 0.364. The third-order valence-electron chi connectivity index (χ3n) is 5.19. The number of carbonyl (C=O) groups is 2. The van der Waals surface area contributed by atoms with Crippen molar-refractivity contribution >= 4 is 23.2 Å². The van der Waals surface area contributed by atoms with Gasteiger partial charge in [0.1, 0.15) is 18.1 Å². The minimum absolute atomic E-state index is 0.147. The molecule has 0 saturated carbocycles. The lowest BCUT2D eigenvalue weighted by molar-refractivity contribution is -0.123. The number of methoxy groups -OCH3 is 1. The van der Waals surface area contributed by atoms with Gasteiger partial charge >= 0.3 is 6.18 Å². The molecule has 32 heavy (non-hydrogen) atoms. The van der Waals surface area contributed by atoms with Gasteiger partial charge in [0.25, 0.3) is 5.91 Å². The van der Waals surface area contributed by atoms with Gasteiger partial charge in [-0.05, 0) is 55.7 Å². The number of halogens is 4. The van der Waals surface area contributed by atoms with Gasteiger partial charge in [-0.3, -0.25) is 9.59 Å². The van der Waals surface area contributed by atoms with Crippen molar-refractivity contribution < 1.29 is 31.9 Å². The van der Waals surface area contributed by atoms with Gasteiger partial charge in [-0.1, -0.05) is 0 Å². The lowest BCUT2D eigenvalue weighted by atomic mass is 10.0. The minimum Gasteiger partial charge on any atom is -0.497 e. The molecular weight excluding hydrogens is 430 g/mol. The SMILES string of the molecule is COc1ccc2c(c1)CCCN2C(=O)CNc1cc(C(=O)NCC(F)(F)F)cc(F)c1C. The topological polar surface area (TPSA) is 70.7 Å². The highest BCUT2D eigenvalue weighted by molar-refractivity contribution is 5.98. The number of carbonyl (C=O) groups excluding carboxylic acids is 2. The Labute approximate surface area is 182 Å². The molecule has 1 aliphatic heterocycles. The predicted molar refractivity (Wildman–Crippen MR) is 112 cm³/mol. The molecule has 6 nitrogen and oxygen atoms in total. The molecule has 0 atom stereocenters. The van der Waals surface area contributed by atoms with E-state index in [1.54, 1.807) is 23.4 Å². The van der Waals surface area contributed by atoms with Crippen LogP contribution in [0.3, 0.4) is 0 Å². The fourth-order valence-electron chi connectivity index (χ4n) is 3.50. The Balaban J connectivity index is 1.72. The highest BCUT2D eigenvalue weighted by Gasteiger charge is 2.28. The van der Waals surface area contributed by atoms with Crippen LogP contribution in [0.5, 0.6) is 5.75 Å². The van der Waals surface area contributed by atoms with Gasteiger partial charge in [0.05, 0.1) is 13.7 Å². The van der Waals surface area contributed by atoms with E-state index in [1.807, 2.05) is 12.1 Å².